The Morgan fingerprint density at radius 1 is 1.06 bits per heavy atom. The van der Waals surface area contributed by atoms with Crippen molar-refractivity contribution in [2.24, 2.45) is 5.92 Å². The van der Waals surface area contributed by atoms with Crippen molar-refractivity contribution in [3.8, 4) is 0 Å². The molecule has 5 atom stereocenters. The number of aromatic nitrogens is 1. The fourth-order valence-corrected chi connectivity index (χ4v) is 4.44. The standard InChI is InChI=1S/C24H25ClN2O5/c25-16-6-7-17-14(9-16)10-19(26-17)24(32)27-18(8-13-4-2-1-3-5-13)23(31)22(30)15-11-20(28)21(29)12-15/h1-7,9-10,15,18,20-22,26,28-30H,8,11-12H2,(H,27,32)/t15?,18-,20-,21+,22?/m0/s1. The third-order valence-electron chi connectivity index (χ3n) is 6.03. The molecule has 1 aromatic heterocycles. The summed E-state index contributed by atoms with van der Waals surface area (Å²) in [6.07, 6.45) is -2.89. The van der Waals surface area contributed by atoms with E-state index >= 15 is 0 Å². The SMILES string of the molecule is O=C(N[C@@H](Cc1ccccc1)C(=O)C(O)C1C[C@@H](O)[C@@H](O)C1)c1cc2cc(Cl)ccc2[nH]1. The van der Waals surface area contributed by atoms with Crippen LogP contribution in [0.1, 0.15) is 28.9 Å². The number of hydrogen-bond donors (Lipinski definition) is 5. The highest BCUT2D eigenvalue weighted by Crippen LogP contribution is 2.30. The molecule has 32 heavy (non-hydrogen) atoms. The van der Waals surface area contributed by atoms with Crippen LogP contribution in [0.5, 0.6) is 0 Å². The minimum Gasteiger partial charge on any atom is -0.390 e. The topological polar surface area (TPSA) is 123 Å². The van der Waals surface area contributed by atoms with Crippen molar-refractivity contribution in [1.82, 2.24) is 10.3 Å². The van der Waals surface area contributed by atoms with Gasteiger partial charge in [-0.2, -0.15) is 0 Å². The molecule has 168 valence electrons. The number of Topliss-reactive ketones (excluding diaryl/α,β-unsaturated/α-hetero) is 1. The van der Waals surface area contributed by atoms with E-state index in [1.54, 1.807) is 24.3 Å². The number of hydrogen-bond acceptors (Lipinski definition) is 5. The van der Waals surface area contributed by atoms with Gasteiger partial charge in [0.25, 0.3) is 5.91 Å². The van der Waals surface area contributed by atoms with Crippen LogP contribution in [-0.2, 0) is 11.2 Å². The second-order valence-corrected chi connectivity index (χ2v) is 8.78. The Morgan fingerprint density at radius 2 is 1.75 bits per heavy atom. The molecule has 0 bridgehead atoms. The summed E-state index contributed by atoms with van der Waals surface area (Å²) < 4.78 is 0. The van der Waals surface area contributed by atoms with E-state index in [1.165, 1.54) is 0 Å². The lowest BCUT2D eigenvalue weighted by atomic mass is 9.90. The van der Waals surface area contributed by atoms with Crippen LogP contribution in [-0.4, -0.2) is 56.3 Å². The number of aliphatic hydroxyl groups is 3. The first-order valence-electron chi connectivity index (χ1n) is 10.5. The lowest BCUT2D eigenvalue weighted by molar-refractivity contribution is -0.131. The zero-order chi connectivity index (χ0) is 22.8. The van der Waals surface area contributed by atoms with Crippen molar-refractivity contribution in [2.45, 2.75) is 43.6 Å². The van der Waals surface area contributed by atoms with E-state index < -0.39 is 42.0 Å². The smallest absolute Gasteiger partial charge is 0.268 e. The second-order valence-electron chi connectivity index (χ2n) is 8.34. The first-order valence-corrected chi connectivity index (χ1v) is 10.9. The molecule has 1 fully saturated rings. The van der Waals surface area contributed by atoms with Crippen molar-refractivity contribution in [1.29, 1.82) is 0 Å². The minimum absolute atomic E-state index is 0.128. The Morgan fingerprint density at radius 3 is 2.44 bits per heavy atom. The third-order valence-corrected chi connectivity index (χ3v) is 6.26. The average Bonchev–Trinajstić information content (AvgIpc) is 3.35. The van der Waals surface area contributed by atoms with Gasteiger partial charge in [-0.25, -0.2) is 0 Å². The maximum atomic E-state index is 13.2. The fourth-order valence-electron chi connectivity index (χ4n) is 4.26. The summed E-state index contributed by atoms with van der Waals surface area (Å²) in [4.78, 5) is 29.2. The van der Waals surface area contributed by atoms with Crippen molar-refractivity contribution in [3.05, 3.63) is 70.9 Å². The number of carbonyl (C=O) groups is 2. The lowest BCUT2D eigenvalue weighted by Crippen LogP contribution is -2.48. The molecule has 2 aromatic carbocycles. The zero-order valence-corrected chi connectivity index (χ0v) is 18.0. The number of fused-ring (bicyclic) bond motifs is 1. The number of halogens is 1. The maximum Gasteiger partial charge on any atom is 0.268 e. The van der Waals surface area contributed by atoms with Crippen molar-refractivity contribution < 1.29 is 24.9 Å². The van der Waals surface area contributed by atoms with Gasteiger partial charge in [-0.05, 0) is 55.0 Å². The predicted octanol–water partition coefficient (Wildman–Crippen LogP) is 2.22. The Hall–Kier alpha value is -2.71. The Kier molecular flexibility index (Phi) is 6.62. The Labute approximate surface area is 190 Å². The molecule has 8 heteroatoms. The molecule has 0 aliphatic heterocycles. The number of ketones is 1. The first kappa shape index (κ1) is 22.5. The number of amides is 1. The summed E-state index contributed by atoms with van der Waals surface area (Å²) in [5.74, 6) is -1.60. The van der Waals surface area contributed by atoms with E-state index in [0.717, 1.165) is 16.5 Å². The highest BCUT2D eigenvalue weighted by Gasteiger charge is 2.40. The largest absolute Gasteiger partial charge is 0.390 e. The number of nitrogens with one attached hydrogen (secondary N) is 2. The summed E-state index contributed by atoms with van der Waals surface area (Å²) in [5, 5.41) is 34.3. The van der Waals surface area contributed by atoms with Gasteiger partial charge in [0.2, 0.25) is 0 Å². The quantitative estimate of drug-likeness (QED) is 0.373. The van der Waals surface area contributed by atoms with E-state index in [1.807, 2.05) is 30.3 Å². The van der Waals surface area contributed by atoms with Crippen molar-refractivity contribution in [2.75, 3.05) is 0 Å². The molecule has 1 aliphatic carbocycles. The lowest BCUT2D eigenvalue weighted by Gasteiger charge is -2.24. The van der Waals surface area contributed by atoms with Gasteiger partial charge in [0.15, 0.2) is 5.78 Å². The van der Waals surface area contributed by atoms with Gasteiger partial charge < -0.3 is 25.6 Å². The molecule has 1 amide bonds. The van der Waals surface area contributed by atoms with E-state index in [9.17, 15) is 24.9 Å². The van der Waals surface area contributed by atoms with Crippen LogP contribution in [0.3, 0.4) is 0 Å². The van der Waals surface area contributed by atoms with Crippen LogP contribution in [0.25, 0.3) is 10.9 Å². The molecule has 1 heterocycles. The molecule has 5 N–H and O–H groups in total. The summed E-state index contributed by atoms with van der Waals surface area (Å²) >= 11 is 6.02. The van der Waals surface area contributed by atoms with Crippen molar-refractivity contribution >= 4 is 34.2 Å². The van der Waals surface area contributed by atoms with Crippen LogP contribution in [0, 0.1) is 5.92 Å². The number of aromatic amines is 1. The van der Waals surface area contributed by atoms with Crippen LogP contribution in [0.2, 0.25) is 5.02 Å². The van der Waals surface area contributed by atoms with E-state index in [-0.39, 0.29) is 25.0 Å². The normalized spacial score (nSPS) is 22.6. The summed E-state index contributed by atoms with van der Waals surface area (Å²) in [7, 11) is 0. The number of rotatable bonds is 7. The highest BCUT2D eigenvalue weighted by atomic mass is 35.5. The highest BCUT2D eigenvalue weighted by molar-refractivity contribution is 6.31. The monoisotopic (exact) mass is 456 g/mol. The van der Waals surface area contributed by atoms with Crippen LogP contribution in [0.15, 0.2) is 54.6 Å². The Bertz CT molecular complexity index is 1110. The van der Waals surface area contributed by atoms with Gasteiger partial charge in [0.05, 0.1) is 18.2 Å². The summed E-state index contributed by atoms with van der Waals surface area (Å²) in [6, 6.07) is 15.1. The van der Waals surface area contributed by atoms with E-state index in [4.69, 9.17) is 11.6 Å². The molecule has 0 spiro atoms. The molecular weight excluding hydrogens is 432 g/mol. The third kappa shape index (κ3) is 4.86. The van der Waals surface area contributed by atoms with Crippen molar-refractivity contribution in [3.63, 3.8) is 0 Å². The Balaban J connectivity index is 1.55. The van der Waals surface area contributed by atoms with Crippen LogP contribution in [0.4, 0.5) is 0 Å². The molecular formula is C24H25ClN2O5. The van der Waals surface area contributed by atoms with Gasteiger partial charge in [-0.15, -0.1) is 0 Å². The number of aliphatic hydroxyl groups excluding tert-OH is 3. The molecule has 0 radical (unpaired) electrons. The molecule has 4 rings (SSSR count). The summed E-state index contributed by atoms with van der Waals surface area (Å²) in [6.45, 7) is 0. The van der Waals surface area contributed by atoms with Gasteiger partial charge in [0.1, 0.15) is 11.8 Å². The molecule has 2 unspecified atom stereocenters. The van der Waals surface area contributed by atoms with Crippen LogP contribution < -0.4 is 5.32 Å². The predicted molar refractivity (Wildman–Crippen MR) is 120 cm³/mol. The molecule has 7 nitrogen and oxygen atoms in total. The van der Waals surface area contributed by atoms with Gasteiger partial charge in [0, 0.05) is 15.9 Å². The minimum atomic E-state index is -1.41. The van der Waals surface area contributed by atoms with Gasteiger partial charge in [-0.1, -0.05) is 41.9 Å². The molecule has 3 aromatic rings. The number of benzene rings is 2. The average molecular weight is 457 g/mol. The van der Waals surface area contributed by atoms with E-state index in [2.05, 4.69) is 10.3 Å². The molecule has 1 aliphatic rings. The first-order chi connectivity index (χ1) is 15.3. The maximum absolute atomic E-state index is 13.2. The molecule has 1 saturated carbocycles. The van der Waals surface area contributed by atoms with E-state index in [0.29, 0.717) is 5.02 Å². The van der Waals surface area contributed by atoms with Gasteiger partial charge >= 0.3 is 0 Å². The fraction of sp³-hybridized carbons (Fsp3) is 0.333. The van der Waals surface area contributed by atoms with Crippen LogP contribution >= 0.6 is 11.6 Å². The second kappa shape index (κ2) is 9.42. The number of carbonyl (C=O) groups excluding carboxylic acids is 2. The summed E-state index contributed by atoms with van der Waals surface area (Å²) in [5.41, 5.74) is 1.84. The molecule has 0 saturated heterocycles. The van der Waals surface area contributed by atoms with Gasteiger partial charge in [-0.3, -0.25) is 9.59 Å². The number of H-pyrrole nitrogens is 1. The zero-order valence-electron chi connectivity index (χ0n) is 17.2.